The van der Waals surface area contributed by atoms with Crippen LogP contribution < -0.4 is 4.74 Å². The zero-order valence-corrected chi connectivity index (χ0v) is 17.9. The Kier molecular flexibility index (Phi) is 8.06. The van der Waals surface area contributed by atoms with Crippen LogP contribution in [0, 0.1) is 5.92 Å². The Hall–Kier alpha value is -2.56. The SMILES string of the molecule is COc1cccc(C2=C/C(=C/c3cccc(C(=O)O)c3)CCC2CN(C)C)c1.Cl. The zero-order valence-electron chi connectivity index (χ0n) is 17.1. The van der Waals surface area contributed by atoms with Gasteiger partial charge in [0.05, 0.1) is 12.7 Å². The second-order valence-corrected chi connectivity index (χ2v) is 7.48. The zero-order chi connectivity index (χ0) is 20.1. The Morgan fingerprint density at radius 3 is 2.66 bits per heavy atom. The number of halogens is 1. The number of allylic oxidation sites excluding steroid dienone is 2. The molecule has 5 heteroatoms. The minimum absolute atomic E-state index is 0. The molecule has 1 aliphatic carbocycles. The molecule has 0 amide bonds. The van der Waals surface area contributed by atoms with Crippen molar-refractivity contribution in [3.8, 4) is 5.75 Å². The fourth-order valence-corrected chi connectivity index (χ4v) is 3.73. The van der Waals surface area contributed by atoms with Gasteiger partial charge in [0.1, 0.15) is 5.75 Å². The first kappa shape index (κ1) is 22.7. The highest BCUT2D eigenvalue weighted by Gasteiger charge is 2.22. The lowest BCUT2D eigenvalue weighted by Crippen LogP contribution is -2.24. The lowest BCUT2D eigenvalue weighted by Gasteiger charge is -2.28. The van der Waals surface area contributed by atoms with E-state index in [1.54, 1.807) is 25.3 Å². The number of rotatable bonds is 6. The third-order valence-electron chi connectivity index (χ3n) is 5.04. The normalized spacial score (nSPS) is 17.6. The number of methoxy groups -OCH3 is 1. The smallest absolute Gasteiger partial charge is 0.335 e. The number of carboxylic acid groups (broad SMARTS) is 1. The Morgan fingerprint density at radius 1 is 1.21 bits per heavy atom. The van der Waals surface area contributed by atoms with Gasteiger partial charge in [0.15, 0.2) is 0 Å². The van der Waals surface area contributed by atoms with Crippen molar-refractivity contribution in [3.05, 3.63) is 76.9 Å². The number of hydrogen-bond acceptors (Lipinski definition) is 3. The molecule has 0 bridgehead atoms. The first-order chi connectivity index (χ1) is 13.5. The van der Waals surface area contributed by atoms with Crippen LogP contribution in [0.5, 0.6) is 5.75 Å². The first-order valence-corrected chi connectivity index (χ1v) is 9.51. The summed E-state index contributed by atoms with van der Waals surface area (Å²) in [5.74, 6) is 0.402. The molecule has 0 fully saturated rings. The fraction of sp³-hybridized carbons (Fsp3) is 0.292. The molecule has 0 saturated carbocycles. The molecule has 0 aromatic heterocycles. The van der Waals surface area contributed by atoms with E-state index in [0.29, 0.717) is 11.5 Å². The van der Waals surface area contributed by atoms with Gasteiger partial charge in [0, 0.05) is 6.54 Å². The molecule has 0 radical (unpaired) electrons. The minimum Gasteiger partial charge on any atom is -0.497 e. The molecule has 4 nitrogen and oxygen atoms in total. The molecule has 0 spiro atoms. The number of benzene rings is 2. The molecule has 1 unspecified atom stereocenters. The fourth-order valence-electron chi connectivity index (χ4n) is 3.73. The predicted molar refractivity (Wildman–Crippen MR) is 121 cm³/mol. The van der Waals surface area contributed by atoms with Crippen LogP contribution in [0.2, 0.25) is 0 Å². The second kappa shape index (κ2) is 10.3. The number of ether oxygens (including phenoxy) is 1. The summed E-state index contributed by atoms with van der Waals surface area (Å²) in [6.07, 6.45) is 6.40. The van der Waals surface area contributed by atoms with Gasteiger partial charge < -0.3 is 14.7 Å². The molecule has 1 atom stereocenters. The van der Waals surface area contributed by atoms with Crippen molar-refractivity contribution in [3.63, 3.8) is 0 Å². The molecule has 29 heavy (non-hydrogen) atoms. The Bertz CT molecular complexity index is 918. The van der Waals surface area contributed by atoms with Crippen LogP contribution in [-0.4, -0.2) is 43.7 Å². The van der Waals surface area contributed by atoms with Gasteiger partial charge in [-0.25, -0.2) is 4.79 Å². The van der Waals surface area contributed by atoms with E-state index >= 15 is 0 Å². The summed E-state index contributed by atoms with van der Waals surface area (Å²) in [5.41, 5.74) is 4.93. The lowest BCUT2D eigenvalue weighted by atomic mass is 9.81. The van der Waals surface area contributed by atoms with Crippen molar-refractivity contribution in [1.82, 2.24) is 4.90 Å². The predicted octanol–water partition coefficient (Wildman–Crippen LogP) is 5.25. The largest absolute Gasteiger partial charge is 0.497 e. The summed E-state index contributed by atoms with van der Waals surface area (Å²) in [6.45, 7) is 0.991. The third kappa shape index (κ3) is 5.96. The summed E-state index contributed by atoms with van der Waals surface area (Å²) in [4.78, 5) is 13.5. The molecule has 2 aromatic rings. The third-order valence-corrected chi connectivity index (χ3v) is 5.04. The summed E-state index contributed by atoms with van der Waals surface area (Å²) in [6, 6.07) is 15.3. The Labute approximate surface area is 178 Å². The van der Waals surface area contributed by atoms with E-state index in [1.807, 2.05) is 18.2 Å². The van der Waals surface area contributed by atoms with E-state index in [1.165, 1.54) is 16.7 Å². The van der Waals surface area contributed by atoms with E-state index in [2.05, 4.69) is 43.3 Å². The van der Waals surface area contributed by atoms with Crippen molar-refractivity contribution in [2.75, 3.05) is 27.7 Å². The molecular weight excluding hydrogens is 386 g/mol. The quantitative estimate of drug-likeness (QED) is 0.702. The number of nitrogens with zero attached hydrogens (tertiary/aromatic N) is 1. The van der Waals surface area contributed by atoms with Crippen LogP contribution in [0.3, 0.4) is 0 Å². The molecule has 3 rings (SSSR count). The minimum atomic E-state index is -0.900. The number of carboxylic acids is 1. The summed E-state index contributed by atoms with van der Waals surface area (Å²) in [5, 5.41) is 9.22. The summed E-state index contributed by atoms with van der Waals surface area (Å²) in [7, 11) is 5.89. The topological polar surface area (TPSA) is 49.8 Å². The van der Waals surface area contributed by atoms with Crippen LogP contribution in [0.1, 0.15) is 34.3 Å². The van der Waals surface area contributed by atoms with Crippen LogP contribution in [-0.2, 0) is 0 Å². The highest BCUT2D eigenvalue weighted by molar-refractivity contribution is 5.88. The maximum atomic E-state index is 11.2. The monoisotopic (exact) mass is 413 g/mol. The second-order valence-electron chi connectivity index (χ2n) is 7.48. The first-order valence-electron chi connectivity index (χ1n) is 9.51. The van der Waals surface area contributed by atoms with E-state index in [4.69, 9.17) is 4.74 Å². The molecule has 1 N–H and O–H groups in total. The maximum absolute atomic E-state index is 11.2. The summed E-state index contributed by atoms with van der Waals surface area (Å²) < 4.78 is 5.41. The number of carbonyl (C=O) groups is 1. The molecular formula is C24H28ClNO3. The summed E-state index contributed by atoms with van der Waals surface area (Å²) >= 11 is 0. The Morgan fingerprint density at radius 2 is 1.97 bits per heavy atom. The molecule has 0 saturated heterocycles. The highest BCUT2D eigenvalue weighted by Crippen LogP contribution is 2.37. The maximum Gasteiger partial charge on any atom is 0.335 e. The lowest BCUT2D eigenvalue weighted by molar-refractivity contribution is 0.0697. The van der Waals surface area contributed by atoms with Crippen molar-refractivity contribution in [2.45, 2.75) is 12.8 Å². The van der Waals surface area contributed by atoms with E-state index in [9.17, 15) is 9.90 Å². The van der Waals surface area contributed by atoms with Crippen LogP contribution >= 0.6 is 12.4 Å². The van der Waals surface area contributed by atoms with Gasteiger partial charge in [-0.05, 0) is 79.4 Å². The number of aromatic carboxylic acids is 1. The molecule has 0 aliphatic heterocycles. The highest BCUT2D eigenvalue weighted by atomic mass is 35.5. The molecule has 1 aliphatic rings. The van der Waals surface area contributed by atoms with Gasteiger partial charge in [-0.3, -0.25) is 0 Å². The van der Waals surface area contributed by atoms with Crippen molar-refractivity contribution in [2.24, 2.45) is 5.92 Å². The van der Waals surface area contributed by atoms with Gasteiger partial charge in [-0.2, -0.15) is 0 Å². The Balaban J connectivity index is 0.00000300. The number of hydrogen-bond donors (Lipinski definition) is 1. The molecule has 0 heterocycles. The molecule has 154 valence electrons. The van der Waals surface area contributed by atoms with Gasteiger partial charge >= 0.3 is 5.97 Å². The van der Waals surface area contributed by atoms with Crippen molar-refractivity contribution in [1.29, 1.82) is 0 Å². The van der Waals surface area contributed by atoms with Crippen molar-refractivity contribution >= 4 is 30.0 Å². The van der Waals surface area contributed by atoms with E-state index in [-0.39, 0.29) is 12.4 Å². The van der Waals surface area contributed by atoms with E-state index < -0.39 is 5.97 Å². The van der Waals surface area contributed by atoms with Gasteiger partial charge in [0.2, 0.25) is 0 Å². The van der Waals surface area contributed by atoms with Crippen LogP contribution in [0.4, 0.5) is 0 Å². The molecule has 2 aromatic carbocycles. The van der Waals surface area contributed by atoms with Crippen LogP contribution in [0.25, 0.3) is 11.6 Å². The van der Waals surface area contributed by atoms with Crippen molar-refractivity contribution < 1.29 is 14.6 Å². The van der Waals surface area contributed by atoms with Gasteiger partial charge in [-0.15, -0.1) is 12.4 Å². The van der Waals surface area contributed by atoms with Crippen LogP contribution in [0.15, 0.2) is 60.2 Å². The van der Waals surface area contributed by atoms with Gasteiger partial charge in [-0.1, -0.05) is 36.4 Å². The average molecular weight is 414 g/mol. The van der Waals surface area contributed by atoms with E-state index in [0.717, 1.165) is 30.7 Å². The van der Waals surface area contributed by atoms with Gasteiger partial charge in [0.25, 0.3) is 0 Å². The average Bonchev–Trinajstić information content (AvgIpc) is 2.69. The standard InChI is InChI=1S/C24H27NO3.ClH/c1-25(2)16-21-11-10-18(12-17-6-4-8-20(13-17)24(26)27)14-23(21)19-7-5-9-22(15-19)28-3;/h4-9,12-15,21H,10-11,16H2,1-3H3,(H,26,27);1H/b18-12+;.